The molecule has 0 aliphatic rings. The largest absolute Gasteiger partial charge is 0.322 e. The highest BCUT2D eigenvalue weighted by Crippen LogP contribution is 2.15. The number of nitriles is 2. The van der Waals surface area contributed by atoms with Crippen LogP contribution in [0.5, 0.6) is 0 Å². The maximum Gasteiger partial charge on any atom is 0.258 e. The molecule has 0 fully saturated rings. The second-order valence-electron chi connectivity index (χ2n) is 3.57. The van der Waals surface area contributed by atoms with Crippen LogP contribution in [0.4, 0.5) is 5.69 Å². The van der Waals surface area contributed by atoms with Crippen molar-refractivity contribution in [1.82, 2.24) is 9.97 Å². The Balaban J connectivity index is 2.24. The molecule has 0 bridgehead atoms. The standard InChI is InChI=1S/C13H7N5O/c14-4-9-1-2-12(3-10(9)5-15)18-13(19)11-6-16-8-17-7-11/h1-3,6-8H,(H,18,19). The predicted octanol–water partition coefficient (Wildman–Crippen LogP) is 1.47. The van der Waals surface area contributed by atoms with Gasteiger partial charge in [-0.15, -0.1) is 0 Å². The first-order chi connectivity index (χ1) is 9.24. The number of amides is 1. The Labute approximate surface area is 109 Å². The zero-order valence-corrected chi connectivity index (χ0v) is 9.66. The summed E-state index contributed by atoms with van der Waals surface area (Å²) in [6, 6.07) is 8.29. The van der Waals surface area contributed by atoms with Crippen LogP contribution in [0.1, 0.15) is 21.5 Å². The molecule has 1 heterocycles. The van der Waals surface area contributed by atoms with Gasteiger partial charge in [-0.2, -0.15) is 10.5 Å². The lowest BCUT2D eigenvalue weighted by atomic mass is 10.1. The van der Waals surface area contributed by atoms with Crippen LogP contribution in [0.3, 0.4) is 0 Å². The van der Waals surface area contributed by atoms with Crippen molar-refractivity contribution in [3.8, 4) is 12.1 Å². The monoisotopic (exact) mass is 249 g/mol. The molecule has 0 unspecified atom stereocenters. The summed E-state index contributed by atoms with van der Waals surface area (Å²) in [7, 11) is 0. The molecule has 2 aromatic rings. The van der Waals surface area contributed by atoms with Crippen molar-refractivity contribution in [1.29, 1.82) is 10.5 Å². The van der Waals surface area contributed by atoms with E-state index >= 15 is 0 Å². The molecule has 0 saturated heterocycles. The Kier molecular flexibility index (Phi) is 3.46. The van der Waals surface area contributed by atoms with Crippen molar-refractivity contribution in [3.05, 3.63) is 53.6 Å². The summed E-state index contributed by atoms with van der Waals surface area (Å²) in [6.07, 6.45) is 4.10. The number of anilines is 1. The van der Waals surface area contributed by atoms with E-state index in [-0.39, 0.29) is 17.0 Å². The van der Waals surface area contributed by atoms with Crippen LogP contribution in [0, 0.1) is 22.7 Å². The average molecular weight is 249 g/mol. The SMILES string of the molecule is N#Cc1ccc(NC(=O)c2cncnc2)cc1C#N. The van der Waals surface area contributed by atoms with Crippen molar-refractivity contribution in [3.63, 3.8) is 0 Å². The molecular formula is C13H7N5O. The summed E-state index contributed by atoms with van der Waals surface area (Å²) in [5.41, 5.74) is 1.22. The highest BCUT2D eigenvalue weighted by molar-refractivity contribution is 6.03. The first-order valence-electron chi connectivity index (χ1n) is 5.25. The minimum atomic E-state index is -0.380. The van der Waals surface area contributed by atoms with Gasteiger partial charge in [0.15, 0.2) is 0 Å². The highest BCUT2D eigenvalue weighted by Gasteiger charge is 2.08. The van der Waals surface area contributed by atoms with Crippen LogP contribution in [0.2, 0.25) is 0 Å². The van der Waals surface area contributed by atoms with E-state index in [4.69, 9.17) is 10.5 Å². The van der Waals surface area contributed by atoms with E-state index in [0.29, 0.717) is 11.3 Å². The fourth-order valence-electron chi connectivity index (χ4n) is 1.43. The summed E-state index contributed by atoms with van der Waals surface area (Å²) in [4.78, 5) is 19.3. The van der Waals surface area contributed by atoms with E-state index in [1.807, 2.05) is 12.1 Å². The quantitative estimate of drug-likeness (QED) is 0.868. The average Bonchev–Trinajstić information content (AvgIpc) is 2.48. The van der Waals surface area contributed by atoms with Crippen molar-refractivity contribution < 1.29 is 4.79 Å². The molecule has 90 valence electrons. The van der Waals surface area contributed by atoms with Crippen molar-refractivity contribution in [2.24, 2.45) is 0 Å². The van der Waals surface area contributed by atoms with Crippen LogP contribution < -0.4 is 5.32 Å². The van der Waals surface area contributed by atoms with Gasteiger partial charge in [0.05, 0.1) is 16.7 Å². The molecule has 0 aliphatic heterocycles. The number of rotatable bonds is 2. The molecule has 1 aromatic carbocycles. The molecule has 1 amide bonds. The predicted molar refractivity (Wildman–Crippen MR) is 65.9 cm³/mol. The molecular weight excluding hydrogens is 242 g/mol. The number of nitrogens with zero attached hydrogens (tertiary/aromatic N) is 4. The molecule has 1 aromatic heterocycles. The summed E-state index contributed by atoms with van der Waals surface area (Å²) < 4.78 is 0. The number of carbonyl (C=O) groups is 1. The van der Waals surface area contributed by atoms with E-state index in [0.717, 1.165) is 0 Å². The van der Waals surface area contributed by atoms with E-state index in [1.54, 1.807) is 6.07 Å². The van der Waals surface area contributed by atoms with E-state index in [1.165, 1.54) is 30.9 Å². The van der Waals surface area contributed by atoms with Gasteiger partial charge in [0.1, 0.15) is 18.5 Å². The second-order valence-corrected chi connectivity index (χ2v) is 3.57. The number of hydrogen-bond acceptors (Lipinski definition) is 5. The third kappa shape index (κ3) is 2.71. The molecule has 2 rings (SSSR count). The molecule has 0 spiro atoms. The highest BCUT2D eigenvalue weighted by atomic mass is 16.1. The van der Waals surface area contributed by atoms with Gasteiger partial charge < -0.3 is 5.32 Å². The van der Waals surface area contributed by atoms with Crippen molar-refractivity contribution in [2.75, 3.05) is 5.32 Å². The van der Waals surface area contributed by atoms with Gasteiger partial charge in [-0.05, 0) is 18.2 Å². The molecule has 0 saturated carbocycles. The van der Waals surface area contributed by atoms with E-state index in [9.17, 15) is 4.79 Å². The Morgan fingerprint density at radius 3 is 2.42 bits per heavy atom. The van der Waals surface area contributed by atoms with Gasteiger partial charge in [0.25, 0.3) is 5.91 Å². The first-order valence-corrected chi connectivity index (χ1v) is 5.25. The summed E-state index contributed by atoms with van der Waals surface area (Å²) in [5.74, 6) is -0.380. The van der Waals surface area contributed by atoms with Gasteiger partial charge in [-0.3, -0.25) is 4.79 Å². The molecule has 0 atom stereocenters. The maximum absolute atomic E-state index is 11.8. The Morgan fingerprint density at radius 1 is 1.11 bits per heavy atom. The van der Waals surface area contributed by atoms with Crippen LogP contribution >= 0.6 is 0 Å². The number of carbonyl (C=O) groups excluding carboxylic acids is 1. The molecule has 6 nitrogen and oxygen atoms in total. The van der Waals surface area contributed by atoms with Crippen LogP contribution in [0.15, 0.2) is 36.9 Å². The fraction of sp³-hybridized carbons (Fsp3) is 0. The first kappa shape index (κ1) is 12.2. The Hall–Kier alpha value is -3.25. The van der Waals surface area contributed by atoms with Crippen LogP contribution in [0.25, 0.3) is 0 Å². The van der Waals surface area contributed by atoms with Gasteiger partial charge in [-0.1, -0.05) is 0 Å². The number of nitrogens with one attached hydrogen (secondary N) is 1. The third-order valence-corrected chi connectivity index (χ3v) is 2.34. The smallest absolute Gasteiger partial charge is 0.258 e. The Morgan fingerprint density at radius 2 is 1.79 bits per heavy atom. The zero-order valence-electron chi connectivity index (χ0n) is 9.66. The van der Waals surface area contributed by atoms with Gasteiger partial charge in [0, 0.05) is 18.1 Å². The number of aromatic nitrogens is 2. The van der Waals surface area contributed by atoms with Gasteiger partial charge in [0.2, 0.25) is 0 Å². The number of benzene rings is 1. The Bertz CT molecular complexity index is 697. The fourth-order valence-corrected chi connectivity index (χ4v) is 1.43. The van der Waals surface area contributed by atoms with E-state index in [2.05, 4.69) is 15.3 Å². The molecule has 0 aliphatic carbocycles. The van der Waals surface area contributed by atoms with Gasteiger partial charge >= 0.3 is 0 Å². The van der Waals surface area contributed by atoms with Crippen molar-refractivity contribution in [2.45, 2.75) is 0 Å². The minimum Gasteiger partial charge on any atom is -0.322 e. The van der Waals surface area contributed by atoms with Crippen LogP contribution in [-0.4, -0.2) is 15.9 Å². The molecule has 6 heteroatoms. The normalized spacial score (nSPS) is 9.16. The third-order valence-electron chi connectivity index (χ3n) is 2.34. The zero-order chi connectivity index (χ0) is 13.7. The second kappa shape index (κ2) is 5.39. The van der Waals surface area contributed by atoms with E-state index < -0.39 is 0 Å². The minimum absolute atomic E-state index is 0.213. The summed E-state index contributed by atoms with van der Waals surface area (Å²) >= 11 is 0. The topological polar surface area (TPSA) is 102 Å². The summed E-state index contributed by atoms with van der Waals surface area (Å²) in [5, 5.41) is 20.3. The van der Waals surface area contributed by atoms with Gasteiger partial charge in [-0.25, -0.2) is 9.97 Å². The lowest BCUT2D eigenvalue weighted by Gasteiger charge is -2.05. The number of hydrogen-bond donors (Lipinski definition) is 1. The summed E-state index contributed by atoms with van der Waals surface area (Å²) in [6.45, 7) is 0. The molecule has 1 N–H and O–H groups in total. The molecule has 0 radical (unpaired) electrons. The maximum atomic E-state index is 11.8. The lowest BCUT2D eigenvalue weighted by molar-refractivity contribution is 0.102. The van der Waals surface area contributed by atoms with Crippen LogP contribution in [-0.2, 0) is 0 Å². The van der Waals surface area contributed by atoms with Crippen molar-refractivity contribution >= 4 is 11.6 Å². The molecule has 19 heavy (non-hydrogen) atoms. The lowest BCUT2D eigenvalue weighted by Crippen LogP contribution is -2.12.